The highest BCUT2D eigenvalue weighted by atomic mass is 32.2. The highest BCUT2D eigenvalue weighted by Gasteiger charge is 2.33. The van der Waals surface area contributed by atoms with Gasteiger partial charge in [-0.15, -0.1) is 10.2 Å². The molecule has 0 aliphatic carbocycles. The van der Waals surface area contributed by atoms with Crippen molar-refractivity contribution in [2.24, 2.45) is 0 Å². The number of hydrogen-bond donors (Lipinski definition) is 2. The monoisotopic (exact) mass is 681 g/mol. The van der Waals surface area contributed by atoms with E-state index in [-0.39, 0.29) is 35.2 Å². The van der Waals surface area contributed by atoms with Crippen LogP contribution in [-0.4, -0.2) is 61.7 Å². The van der Waals surface area contributed by atoms with E-state index in [9.17, 15) is 26.4 Å². The molecule has 0 radical (unpaired) electrons. The second-order valence-electron chi connectivity index (χ2n) is 11.8. The van der Waals surface area contributed by atoms with E-state index in [0.717, 1.165) is 30.7 Å². The van der Waals surface area contributed by atoms with Gasteiger partial charge < -0.3 is 19.7 Å². The molecule has 2 aliphatic rings. The van der Waals surface area contributed by atoms with Gasteiger partial charge >= 0.3 is 6.18 Å². The van der Waals surface area contributed by atoms with Gasteiger partial charge in [-0.2, -0.15) is 13.2 Å². The Labute approximate surface area is 276 Å². The molecule has 14 heteroatoms. The van der Waals surface area contributed by atoms with Crippen LogP contribution in [0.25, 0.3) is 0 Å². The number of carbonyl (C=O) groups excluding carboxylic acids is 1. The number of halogens is 3. The third kappa shape index (κ3) is 8.42. The quantitative estimate of drug-likeness (QED) is 0.209. The molecule has 252 valence electrons. The fourth-order valence-electron chi connectivity index (χ4n) is 5.80. The predicted molar refractivity (Wildman–Crippen MR) is 172 cm³/mol. The van der Waals surface area contributed by atoms with Crippen molar-refractivity contribution < 1.29 is 35.9 Å². The van der Waals surface area contributed by atoms with E-state index in [1.165, 1.54) is 0 Å². The summed E-state index contributed by atoms with van der Waals surface area (Å²) in [6.45, 7) is 2.46. The van der Waals surface area contributed by atoms with E-state index in [2.05, 4.69) is 20.2 Å². The van der Waals surface area contributed by atoms with E-state index >= 15 is 0 Å². The van der Waals surface area contributed by atoms with Crippen molar-refractivity contribution in [3.63, 3.8) is 0 Å². The van der Waals surface area contributed by atoms with Gasteiger partial charge in [-0.3, -0.25) is 9.52 Å². The number of aromatic nitrogens is 2. The normalized spacial score (nSPS) is 17.2. The summed E-state index contributed by atoms with van der Waals surface area (Å²) < 4.78 is 78.8. The number of hydrogen-bond acceptors (Lipinski definition) is 8. The molecule has 1 atom stereocenters. The van der Waals surface area contributed by atoms with E-state index in [1.807, 2.05) is 18.2 Å². The Kier molecular flexibility index (Phi) is 9.83. The number of ether oxygens (including phenoxy) is 2. The molecule has 6 rings (SSSR count). The Bertz CT molecular complexity index is 1810. The van der Waals surface area contributed by atoms with Crippen LogP contribution in [0, 0.1) is 0 Å². The summed E-state index contributed by atoms with van der Waals surface area (Å²) in [6.07, 6.45) is -2.48. The number of carbonyl (C=O) groups is 1. The molecule has 48 heavy (non-hydrogen) atoms. The molecule has 1 aromatic heterocycles. The second kappa shape index (κ2) is 14.2. The number of nitrogens with one attached hydrogen (secondary N) is 2. The minimum Gasteiger partial charge on any atom is -0.487 e. The lowest BCUT2D eigenvalue weighted by atomic mass is 9.89. The first kappa shape index (κ1) is 33.2. The first-order valence-corrected chi connectivity index (χ1v) is 17.2. The van der Waals surface area contributed by atoms with Crippen molar-refractivity contribution in [2.45, 2.75) is 43.2 Å². The Hall–Kier alpha value is -4.69. The second-order valence-corrected chi connectivity index (χ2v) is 13.5. The summed E-state index contributed by atoms with van der Waals surface area (Å²) >= 11 is 0. The van der Waals surface area contributed by atoms with Gasteiger partial charge in [0.1, 0.15) is 17.6 Å². The SMILES string of the molecule is O=C(c1ccc(O[C@@H]2CCNC2)c(NS(=O)(=O)Cc2ccccc2)c1)N1CCC(c2ccc(Oc3ccc(C(F)(F)F)nn3)cc2)CC1. The van der Waals surface area contributed by atoms with Gasteiger partial charge in [0.15, 0.2) is 5.69 Å². The predicted octanol–water partition coefficient (Wildman–Crippen LogP) is 5.99. The van der Waals surface area contributed by atoms with Gasteiger partial charge in [-0.25, -0.2) is 8.42 Å². The van der Waals surface area contributed by atoms with E-state index in [1.54, 1.807) is 59.5 Å². The molecule has 0 saturated carbocycles. The topological polar surface area (TPSA) is 123 Å². The van der Waals surface area contributed by atoms with E-state index in [4.69, 9.17) is 9.47 Å². The molecule has 2 aliphatic heterocycles. The number of sulfonamides is 1. The number of alkyl halides is 3. The fraction of sp³-hybridized carbons (Fsp3) is 0.324. The smallest absolute Gasteiger partial charge is 0.435 e. The Morgan fingerprint density at radius 1 is 0.938 bits per heavy atom. The van der Waals surface area contributed by atoms with Crippen LogP contribution in [0.4, 0.5) is 18.9 Å². The standard InChI is InChI=1S/C34H34F3N5O5S/c35-34(36,37)31-12-13-32(40-39-31)47-27-9-6-24(7-10-27)25-15-18-42(19-16-25)33(43)26-8-11-30(46-28-14-17-38-21-28)29(20-26)41-48(44,45)22-23-4-2-1-3-5-23/h1-13,20,25,28,38,41H,14-19,21-22H2/t28-/m1/s1. The third-order valence-electron chi connectivity index (χ3n) is 8.29. The molecular weight excluding hydrogens is 647 g/mol. The van der Waals surface area contributed by atoms with Crippen LogP contribution < -0.4 is 19.5 Å². The number of likely N-dealkylation sites (tertiary alicyclic amines) is 1. The Morgan fingerprint density at radius 2 is 1.69 bits per heavy atom. The van der Waals surface area contributed by atoms with Gasteiger partial charge in [-0.1, -0.05) is 42.5 Å². The molecule has 2 N–H and O–H groups in total. The maximum Gasteiger partial charge on any atom is 0.435 e. The number of amides is 1. The lowest BCUT2D eigenvalue weighted by molar-refractivity contribution is -0.141. The van der Waals surface area contributed by atoms with Crippen LogP contribution in [0.2, 0.25) is 0 Å². The maximum atomic E-state index is 13.6. The average Bonchev–Trinajstić information content (AvgIpc) is 3.59. The van der Waals surface area contributed by atoms with Gasteiger partial charge in [-0.05, 0) is 79.3 Å². The van der Waals surface area contributed by atoms with Gasteiger partial charge in [0.25, 0.3) is 5.91 Å². The van der Waals surface area contributed by atoms with Gasteiger partial charge in [0, 0.05) is 31.3 Å². The summed E-state index contributed by atoms with van der Waals surface area (Å²) in [6, 6.07) is 22.9. The molecule has 0 spiro atoms. The molecule has 0 unspecified atom stereocenters. The summed E-state index contributed by atoms with van der Waals surface area (Å²) in [5.74, 6) is 0.489. The Morgan fingerprint density at radius 3 is 2.33 bits per heavy atom. The van der Waals surface area contributed by atoms with Crippen LogP contribution >= 0.6 is 0 Å². The highest BCUT2D eigenvalue weighted by molar-refractivity contribution is 7.91. The van der Waals surface area contributed by atoms with E-state index < -0.39 is 21.9 Å². The highest BCUT2D eigenvalue weighted by Crippen LogP contribution is 2.34. The van der Waals surface area contributed by atoms with Crippen LogP contribution in [0.1, 0.15) is 52.4 Å². The van der Waals surface area contributed by atoms with Crippen LogP contribution in [0.3, 0.4) is 0 Å². The zero-order chi connectivity index (χ0) is 33.7. The number of piperidine rings is 1. The molecule has 3 heterocycles. The van der Waals surface area contributed by atoms with Gasteiger partial charge in [0.05, 0.1) is 11.4 Å². The number of rotatable bonds is 10. The molecule has 1 amide bonds. The maximum absolute atomic E-state index is 13.6. The molecule has 2 fully saturated rings. The first-order chi connectivity index (χ1) is 23.0. The van der Waals surface area contributed by atoms with Crippen molar-refractivity contribution in [1.82, 2.24) is 20.4 Å². The number of anilines is 1. The summed E-state index contributed by atoms with van der Waals surface area (Å²) in [5.41, 5.74) is 1.17. The largest absolute Gasteiger partial charge is 0.487 e. The molecule has 10 nitrogen and oxygen atoms in total. The van der Waals surface area contributed by atoms with Crippen LogP contribution in [0.15, 0.2) is 84.9 Å². The first-order valence-electron chi connectivity index (χ1n) is 15.6. The molecule has 0 bridgehead atoms. The minimum atomic E-state index is -4.58. The lowest BCUT2D eigenvalue weighted by Gasteiger charge is -2.32. The molecular formula is C34H34F3N5O5S. The van der Waals surface area contributed by atoms with Crippen molar-refractivity contribution >= 4 is 21.6 Å². The van der Waals surface area contributed by atoms with Crippen molar-refractivity contribution in [3.8, 4) is 17.4 Å². The zero-order valence-corrected chi connectivity index (χ0v) is 26.6. The zero-order valence-electron chi connectivity index (χ0n) is 25.8. The summed E-state index contributed by atoms with van der Waals surface area (Å²) in [5, 5.41) is 9.90. The summed E-state index contributed by atoms with van der Waals surface area (Å²) in [4.78, 5) is 15.4. The third-order valence-corrected chi connectivity index (χ3v) is 9.53. The fourth-order valence-corrected chi connectivity index (χ4v) is 7.00. The van der Waals surface area contributed by atoms with Crippen LogP contribution in [0.5, 0.6) is 17.4 Å². The van der Waals surface area contributed by atoms with Crippen molar-refractivity contribution in [2.75, 3.05) is 30.9 Å². The molecule has 2 saturated heterocycles. The summed E-state index contributed by atoms with van der Waals surface area (Å²) in [7, 11) is -3.80. The van der Waals surface area contributed by atoms with Gasteiger partial charge in [0.2, 0.25) is 15.9 Å². The molecule has 3 aromatic carbocycles. The van der Waals surface area contributed by atoms with Crippen LogP contribution in [-0.2, 0) is 22.0 Å². The minimum absolute atomic E-state index is 0.0511. The van der Waals surface area contributed by atoms with Crippen molar-refractivity contribution in [1.29, 1.82) is 0 Å². The average molecular weight is 682 g/mol. The Balaban J connectivity index is 1.09. The van der Waals surface area contributed by atoms with E-state index in [0.29, 0.717) is 55.1 Å². The number of nitrogens with zero attached hydrogens (tertiary/aromatic N) is 3. The molecule has 4 aromatic rings. The lowest BCUT2D eigenvalue weighted by Crippen LogP contribution is -2.38. The number of benzene rings is 3. The van der Waals surface area contributed by atoms with Crippen molar-refractivity contribution in [3.05, 3.63) is 107 Å².